The molecule has 0 atom stereocenters. The van der Waals surface area contributed by atoms with Crippen molar-refractivity contribution in [2.45, 2.75) is 31.4 Å². The fourth-order valence-corrected chi connectivity index (χ4v) is 2.53. The predicted molar refractivity (Wildman–Crippen MR) is 61.4 cm³/mol. The maximum Gasteiger partial charge on any atom is 0.173 e. The average molecular weight is 227 g/mol. The van der Waals surface area contributed by atoms with Gasteiger partial charge in [-0.15, -0.1) is 11.3 Å². The first-order valence-electron chi connectivity index (χ1n) is 5.28. The second kappa shape index (κ2) is 4.51. The zero-order valence-corrected chi connectivity index (χ0v) is 9.77. The van der Waals surface area contributed by atoms with Gasteiger partial charge in [-0.3, -0.25) is 0 Å². The molecule has 0 radical (unpaired) electrons. The number of hydrogen-bond acceptors (Lipinski definition) is 4. The van der Waals surface area contributed by atoms with Crippen LogP contribution in [-0.2, 0) is 6.54 Å². The SMILES string of the molecule is COc1ccc(CNCC2(O)CCC2)s1. The first-order chi connectivity index (χ1) is 7.22. The summed E-state index contributed by atoms with van der Waals surface area (Å²) in [6.07, 6.45) is 3.03. The van der Waals surface area contributed by atoms with Gasteiger partial charge in [0.05, 0.1) is 12.7 Å². The van der Waals surface area contributed by atoms with E-state index in [1.165, 1.54) is 4.88 Å². The van der Waals surface area contributed by atoms with Crippen LogP contribution in [0.15, 0.2) is 12.1 Å². The lowest BCUT2D eigenvalue weighted by Gasteiger charge is -2.36. The molecule has 2 rings (SSSR count). The summed E-state index contributed by atoms with van der Waals surface area (Å²) in [5, 5.41) is 14.1. The minimum absolute atomic E-state index is 0.429. The minimum Gasteiger partial charge on any atom is -0.487 e. The molecule has 0 amide bonds. The zero-order valence-electron chi connectivity index (χ0n) is 8.95. The Kier molecular flexibility index (Phi) is 3.29. The van der Waals surface area contributed by atoms with Crippen LogP contribution in [0.4, 0.5) is 0 Å². The predicted octanol–water partition coefficient (Wildman–Crippen LogP) is 1.76. The second-order valence-corrected chi connectivity index (χ2v) is 5.24. The Morgan fingerprint density at radius 3 is 2.87 bits per heavy atom. The lowest BCUT2D eigenvalue weighted by atomic mass is 9.80. The Morgan fingerprint density at radius 2 is 2.33 bits per heavy atom. The summed E-state index contributed by atoms with van der Waals surface area (Å²) in [7, 11) is 1.68. The van der Waals surface area contributed by atoms with Gasteiger partial charge in [-0.1, -0.05) is 0 Å². The van der Waals surface area contributed by atoms with Gasteiger partial charge in [0.15, 0.2) is 5.06 Å². The topological polar surface area (TPSA) is 41.5 Å². The number of thiophene rings is 1. The van der Waals surface area contributed by atoms with Crippen LogP contribution in [-0.4, -0.2) is 24.4 Å². The molecule has 1 aromatic rings. The number of aliphatic hydroxyl groups is 1. The summed E-state index contributed by atoms with van der Waals surface area (Å²) in [6, 6.07) is 4.03. The number of methoxy groups -OCH3 is 1. The van der Waals surface area contributed by atoms with Gasteiger partial charge in [0.25, 0.3) is 0 Å². The quantitative estimate of drug-likeness (QED) is 0.805. The molecule has 0 bridgehead atoms. The number of nitrogens with one attached hydrogen (secondary N) is 1. The fraction of sp³-hybridized carbons (Fsp3) is 0.636. The standard InChI is InChI=1S/C11H17NO2S/c1-14-10-4-3-9(15-10)7-12-8-11(13)5-2-6-11/h3-4,12-13H,2,5-8H2,1H3. The van der Waals surface area contributed by atoms with E-state index in [0.29, 0.717) is 6.54 Å². The van der Waals surface area contributed by atoms with Crippen LogP contribution >= 0.6 is 11.3 Å². The number of hydrogen-bond donors (Lipinski definition) is 2. The molecule has 0 saturated heterocycles. The summed E-state index contributed by atoms with van der Waals surface area (Å²) in [6.45, 7) is 1.52. The smallest absolute Gasteiger partial charge is 0.173 e. The van der Waals surface area contributed by atoms with Crippen LogP contribution in [0, 0.1) is 0 Å². The van der Waals surface area contributed by atoms with Crippen molar-refractivity contribution in [3.05, 3.63) is 17.0 Å². The molecule has 0 aliphatic heterocycles. The van der Waals surface area contributed by atoms with Crippen molar-refractivity contribution < 1.29 is 9.84 Å². The van der Waals surface area contributed by atoms with E-state index >= 15 is 0 Å². The molecule has 1 fully saturated rings. The largest absolute Gasteiger partial charge is 0.487 e. The van der Waals surface area contributed by atoms with Gasteiger partial charge >= 0.3 is 0 Å². The molecular formula is C11H17NO2S. The maximum absolute atomic E-state index is 9.86. The van der Waals surface area contributed by atoms with Crippen molar-refractivity contribution in [2.75, 3.05) is 13.7 Å². The van der Waals surface area contributed by atoms with Gasteiger partial charge in [0.1, 0.15) is 0 Å². The lowest BCUT2D eigenvalue weighted by molar-refractivity contribution is -0.0314. The van der Waals surface area contributed by atoms with Crippen LogP contribution in [0.1, 0.15) is 24.1 Å². The van der Waals surface area contributed by atoms with Crippen LogP contribution in [0.25, 0.3) is 0 Å². The Hall–Kier alpha value is -0.580. The normalized spacial score (nSPS) is 18.5. The van der Waals surface area contributed by atoms with E-state index < -0.39 is 5.60 Å². The first kappa shape index (κ1) is 10.9. The monoisotopic (exact) mass is 227 g/mol. The third-order valence-corrected chi connectivity index (χ3v) is 3.92. The fourth-order valence-electron chi connectivity index (χ4n) is 1.74. The first-order valence-corrected chi connectivity index (χ1v) is 6.09. The molecule has 2 N–H and O–H groups in total. The molecule has 84 valence electrons. The van der Waals surface area contributed by atoms with Crippen molar-refractivity contribution in [3.8, 4) is 5.06 Å². The molecule has 0 aromatic carbocycles. The van der Waals surface area contributed by atoms with Crippen molar-refractivity contribution in [1.82, 2.24) is 5.32 Å². The average Bonchev–Trinajstić information content (AvgIpc) is 2.63. The van der Waals surface area contributed by atoms with Crippen LogP contribution in [0.2, 0.25) is 0 Å². The Labute approximate surface area is 94.1 Å². The Balaban J connectivity index is 1.73. The minimum atomic E-state index is -0.429. The van der Waals surface area contributed by atoms with Gasteiger partial charge in [0, 0.05) is 18.0 Å². The van der Waals surface area contributed by atoms with E-state index in [-0.39, 0.29) is 0 Å². The third kappa shape index (κ3) is 2.71. The van der Waals surface area contributed by atoms with Crippen LogP contribution < -0.4 is 10.1 Å². The highest BCUT2D eigenvalue weighted by Crippen LogP contribution is 2.31. The molecule has 0 spiro atoms. The van der Waals surface area contributed by atoms with Gasteiger partial charge in [-0.25, -0.2) is 0 Å². The van der Waals surface area contributed by atoms with Crippen LogP contribution in [0.5, 0.6) is 5.06 Å². The zero-order chi connectivity index (χ0) is 10.7. The molecule has 1 aromatic heterocycles. The van der Waals surface area contributed by atoms with E-state index in [2.05, 4.69) is 11.4 Å². The van der Waals surface area contributed by atoms with Crippen molar-refractivity contribution in [1.29, 1.82) is 0 Å². The summed E-state index contributed by atoms with van der Waals surface area (Å²) in [4.78, 5) is 1.25. The molecule has 1 heterocycles. The summed E-state index contributed by atoms with van der Waals surface area (Å²) < 4.78 is 5.12. The summed E-state index contributed by atoms with van der Waals surface area (Å²) in [5.74, 6) is 0. The maximum atomic E-state index is 9.86. The highest BCUT2D eigenvalue weighted by molar-refractivity contribution is 7.13. The molecule has 0 unspecified atom stereocenters. The number of rotatable bonds is 5. The van der Waals surface area contributed by atoms with Gasteiger partial charge in [-0.2, -0.15) is 0 Å². The summed E-state index contributed by atoms with van der Waals surface area (Å²) in [5.41, 5.74) is -0.429. The molecule has 3 nitrogen and oxygen atoms in total. The van der Waals surface area contributed by atoms with E-state index in [4.69, 9.17) is 4.74 Å². The third-order valence-electron chi connectivity index (χ3n) is 2.88. The van der Waals surface area contributed by atoms with Crippen LogP contribution in [0.3, 0.4) is 0 Å². The van der Waals surface area contributed by atoms with Gasteiger partial charge < -0.3 is 15.2 Å². The van der Waals surface area contributed by atoms with E-state index in [0.717, 1.165) is 30.9 Å². The van der Waals surface area contributed by atoms with Gasteiger partial charge in [0.2, 0.25) is 0 Å². The van der Waals surface area contributed by atoms with Gasteiger partial charge in [-0.05, 0) is 31.4 Å². The number of ether oxygens (including phenoxy) is 1. The Morgan fingerprint density at radius 1 is 1.53 bits per heavy atom. The molecule has 1 saturated carbocycles. The molecular weight excluding hydrogens is 210 g/mol. The van der Waals surface area contributed by atoms with Crippen molar-refractivity contribution in [3.63, 3.8) is 0 Å². The Bertz CT molecular complexity index is 320. The highest BCUT2D eigenvalue weighted by Gasteiger charge is 2.33. The highest BCUT2D eigenvalue weighted by atomic mass is 32.1. The van der Waals surface area contributed by atoms with E-state index in [1.807, 2.05) is 6.07 Å². The lowest BCUT2D eigenvalue weighted by Crippen LogP contribution is -2.45. The molecule has 4 heteroatoms. The molecule has 15 heavy (non-hydrogen) atoms. The summed E-state index contributed by atoms with van der Waals surface area (Å²) >= 11 is 1.64. The van der Waals surface area contributed by atoms with Crippen molar-refractivity contribution >= 4 is 11.3 Å². The van der Waals surface area contributed by atoms with Crippen molar-refractivity contribution in [2.24, 2.45) is 0 Å². The molecule has 1 aliphatic rings. The molecule has 1 aliphatic carbocycles. The van der Waals surface area contributed by atoms with E-state index in [9.17, 15) is 5.11 Å². The second-order valence-electron chi connectivity index (χ2n) is 4.11. The van der Waals surface area contributed by atoms with E-state index in [1.54, 1.807) is 18.4 Å².